The minimum Gasteiger partial charge on any atom is -0.466 e. The van der Waals surface area contributed by atoms with Crippen molar-refractivity contribution in [1.82, 2.24) is 10.2 Å². The Balaban J connectivity index is 2.24. The lowest BCUT2D eigenvalue weighted by atomic mass is 9.93. The molecule has 0 saturated carbocycles. The molecule has 2 heterocycles. The molecule has 0 saturated heterocycles. The first-order valence-corrected chi connectivity index (χ1v) is 7.65. The third-order valence-electron chi connectivity index (χ3n) is 3.92. The van der Waals surface area contributed by atoms with Crippen LogP contribution in [-0.2, 0) is 14.3 Å². The summed E-state index contributed by atoms with van der Waals surface area (Å²) in [5.41, 5.74) is 1.44. The number of fused-ring (bicyclic) bond motifs is 1. The number of amides is 1. The van der Waals surface area contributed by atoms with Gasteiger partial charge in [0, 0.05) is 18.2 Å². The Labute approximate surface area is 144 Å². The molecule has 0 fully saturated rings. The molecule has 0 bridgehead atoms. The Morgan fingerprint density at radius 3 is 2.79 bits per heavy atom. The summed E-state index contributed by atoms with van der Waals surface area (Å²) in [4.78, 5) is 25.9. The second-order valence-corrected chi connectivity index (χ2v) is 5.72. The second kappa shape index (κ2) is 6.12. The molecule has 0 radical (unpaired) electrons. The van der Waals surface area contributed by atoms with Gasteiger partial charge in [-0.25, -0.2) is 4.79 Å². The van der Waals surface area contributed by atoms with Crippen LogP contribution in [0, 0.1) is 0 Å². The van der Waals surface area contributed by atoms with E-state index in [1.54, 1.807) is 25.1 Å². The molecular formula is C16H16N2O5S. The topological polar surface area (TPSA) is 77.1 Å². The van der Waals surface area contributed by atoms with Gasteiger partial charge in [-0.05, 0) is 25.2 Å². The van der Waals surface area contributed by atoms with Crippen molar-refractivity contribution in [2.45, 2.75) is 19.9 Å². The van der Waals surface area contributed by atoms with Crippen molar-refractivity contribution >= 4 is 29.2 Å². The molecule has 2 aliphatic heterocycles. The number of esters is 1. The largest absolute Gasteiger partial charge is 0.466 e. The lowest BCUT2D eigenvalue weighted by molar-refractivity contribution is -0.137. The van der Waals surface area contributed by atoms with Gasteiger partial charge in [-0.1, -0.05) is 12.1 Å². The normalized spacial score (nSPS) is 19.2. The number of allylic oxidation sites excluding steroid dienone is 1. The van der Waals surface area contributed by atoms with Crippen molar-refractivity contribution in [3.63, 3.8) is 0 Å². The van der Waals surface area contributed by atoms with Crippen LogP contribution in [-0.4, -0.2) is 35.8 Å². The quantitative estimate of drug-likeness (QED) is 0.643. The first-order valence-electron chi connectivity index (χ1n) is 7.24. The standard InChI is InChI=1S/C16H16N2O5S/c1-8-12(15(20)21-3)13(18(9(2)19)16(24)17-8)10-5-4-6-11-14(10)23-7-22-11/h4-6,13H,7H2,1-3H3,(H,17,24). The first-order chi connectivity index (χ1) is 11.5. The predicted octanol–water partition coefficient (Wildman–Crippen LogP) is 1.64. The number of benzene rings is 1. The molecule has 1 unspecified atom stereocenters. The zero-order chi connectivity index (χ0) is 17.4. The summed E-state index contributed by atoms with van der Waals surface area (Å²) in [6.07, 6.45) is 0. The summed E-state index contributed by atoms with van der Waals surface area (Å²) in [5, 5.41) is 3.10. The molecule has 1 N–H and O–H groups in total. The first kappa shape index (κ1) is 16.3. The molecule has 0 aliphatic carbocycles. The van der Waals surface area contributed by atoms with Crippen LogP contribution < -0.4 is 14.8 Å². The number of para-hydroxylation sites is 1. The number of hydrogen-bond donors (Lipinski definition) is 1. The molecule has 8 heteroatoms. The summed E-state index contributed by atoms with van der Waals surface area (Å²) in [6, 6.07) is 4.56. The fourth-order valence-electron chi connectivity index (χ4n) is 2.90. The van der Waals surface area contributed by atoms with E-state index in [0.29, 0.717) is 28.3 Å². The van der Waals surface area contributed by atoms with Crippen LogP contribution in [0.1, 0.15) is 25.5 Å². The summed E-state index contributed by atoms with van der Waals surface area (Å²) in [7, 11) is 1.29. The Bertz CT molecular complexity index is 774. The van der Waals surface area contributed by atoms with Gasteiger partial charge in [0.2, 0.25) is 12.7 Å². The maximum atomic E-state index is 12.4. The van der Waals surface area contributed by atoms with E-state index in [-0.39, 0.29) is 17.8 Å². The SMILES string of the molecule is COC(=O)C1=C(C)NC(=S)N(C(C)=O)C1c1cccc2c1OCO2. The minimum atomic E-state index is -0.750. The molecule has 1 aromatic rings. The van der Waals surface area contributed by atoms with Gasteiger partial charge in [0.15, 0.2) is 16.6 Å². The maximum absolute atomic E-state index is 12.4. The fourth-order valence-corrected chi connectivity index (χ4v) is 3.29. The van der Waals surface area contributed by atoms with Crippen LogP contribution >= 0.6 is 12.2 Å². The zero-order valence-electron chi connectivity index (χ0n) is 13.4. The Kier molecular flexibility index (Phi) is 4.15. The van der Waals surface area contributed by atoms with E-state index in [4.69, 9.17) is 26.4 Å². The van der Waals surface area contributed by atoms with Crippen LogP contribution in [0.3, 0.4) is 0 Å². The Morgan fingerprint density at radius 1 is 1.38 bits per heavy atom. The highest BCUT2D eigenvalue weighted by Crippen LogP contribution is 2.44. The summed E-state index contributed by atoms with van der Waals surface area (Å²) >= 11 is 5.30. The zero-order valence-corrected chi connectivity index (χ0v) is 14.2. The number of nitrogens with zero attached hydrogens (tertiary/aromatic N) is 1. The van der Waals surface area contributed by atoms with Gasteiger partial charge in [0.1, 0.15) is 6.04 Å². The van der Waals surface area contributed by atoms with Crippen molar-refractivity contribution < 1.29 is 23.8 Å². The fraction of sp³-hybridized carbons (Fsp3) is 0.312. The number of carbonyl (C=O) groups excluding carboxylic acids is 2. The Hall–Kier alpha value is -2.61. The molecule has 2 aliphatic rings. The molecule has 1 aromatic carbocycles. The molecule has 1 atom stereocenters. The van der Waals surface area contributed by atoms with E-state index in [1.165, 1.54) is 18.9 Å². The highest BCUT2D eigenvalue weighted by molar-refractivity contribution is 7.80. The van der Waals surface area contributed by atoms with Gasteiger partial charge in [-0.2, -0.15) is 0 Å². The molecule has 24 heavy (non-hydrogen) atoms. The van der Waals surface area contributed by atoms with E-state index < -0.39 is 12.0 Å². The number of hydrogen-bond acceptors (Lipinski definition) is 6. The average molecular weight is 348 g/mol. The van der Waals surface area contributed by atoms with E-state index in [9.17, 15) is 9.59 Å². The lowest BCUT2D eigenvalue weighted by Gasteiger charge is -2.37. The molecule has 3 rings (SSSR count). The highest BCUT2D eigenvalue weighted by atomic mass is 32.1. The van der Waals surface area contributed by atoms with Gasteiger partial charge in [0.05, 0.1) is 12.7 Å². The van der Waals surface area contributed by atoms with Crippen LogP contribution in [0.15, 0.2) is 29.5 Å². The molecular weight excluding hydrogens is 332 g/mol. The smallest absolute Gasteiger partial charge is 0.337 e. The number of carbonyl (C=O) groups is 2. The van der Waals surface area contributed by atoms with Crippen LogP contribution in [0.2, 0.25) is 0 Å². The van der Waals surface area contributed by atoms with E-state index in [2.05, 4.69) is 5.32 Å². The number of methoxy groups -OCH3 is 1. The summed E-state index contributed by atoms with van der Waals surface area (Å²) in [5.74, 6) is 0.202. The van der Waals surface area contributed by atoms with Crippen LogP contribution in [0.4, 0.5) is 0 Å². The van der Waals surface area contributed by atoms with E-state index in [1.807, 2.05) is 0 Å². The van der Waals surface area contributed by atoms with Gasteiger partial charge in [-0.3, -0.25) is 9.69 Å². The van der Waals surface area contributed by atoms with Crippen molar-refractivity contribution in [3.05, 3.63) is 35.0 Å². The van der Waals surface area contributed by atoms with Crippen LogP contribution in [0.5, 0.6) is 11.5 Å². The maximum Gasteiger partial charge on any atom is 0.337 e. The monoisotopic (exact) mass is 348 g/mol. The number of rotatable bonds is 2. The third-order valence-corrected chi connectivity index (χ3v) is 4.21. The Morgan fingerprint density at radius 2 is 2.12 bits per heavy atom. The van der Waals surface area contributed by atoms with Gasteiger partial charge >= 0.3 is 5.97 Å². The molecule has 0 aromatic heterocycles. The molecule has 126 valence electrons. The number of thiocarbonyl (C=S) groups is 1. The average Bonchev–Trinajstić information content (AvgIpc) is 3.01. The van der Waals surface area contributed by atoms with Crippen molar-refractivity contribution in [2.24, 2.45) is 0 Å². The third kappa shape index (κ3) is 2.48. The molecule has 1 amide bonds. The molecule has 7 nitrogen and oxygen atoms in total. The summed E-state index contributed by atoms with van der Waals surface area (Å²) < 4.78 is 15.8. The lowest BCUT2D eigenvalue weighted by Crippen LogP contribution is -2.50. The van der Waals surface area contributed by atoms with Gasteiger partial charge in [0.25, 0.3) is 0 Å². The predicted molar refractivity (Wildman–Crippen MR) is 88.3 cm³/mol. The van der Waals surface area contributed by atoms with Crippen molar-refractivity contribution in [3.8, 4) is 11.5 Å². The highest BCUT2D eigenvalue weighted by Gasteiger charge is 2.41. The van der Waals surface area contributed by atoms with E-state index >= 15 is 0 Å². The second-order valence-electron chi connectivity index (χ2n) is 5.33. The number of nitrogens with one attached hydrogen (secondary N) is 1. The summed E-state index contributed by atoms with van der Waals surface area (Å²) in [6.45, 7) is 3.18. The number of ether oxygens (including phenoxy) is 3. The minimum absolute atomic E-state index is 0.0814. The van der Waals surface area contributed by atoms with E-state index in [0.717, 1.165) is 0 Å². The molecule has 0 spiro atoms. The van der Waals surface area contributed by atoms with Gasteiger partial charge < -0.3 is 19.5 Å². The van der Waals surface area contributed by atoms with Crippen molar-refractivity contribution in [2.75, 3.05) is 13.9 Å². The van der Waals surface area contributed by atoms with Crippen molar-refractivity contribution in [1.29, 1.82) is 0 Å². The van der Waals surface area contributed by atoms with Crippen LogP contribution in [0.25, 0.3) is 0 Å². The van der Waals surface area contributed by atoms with Gasteiger partial charge in [-0.15, -0.1) is 0 Å².